The van der Waals surface area contributed by atoms with Gasteiger partial charge >= 0.3 is 0 Å². The predicted octanol–water partition coefficient (Wildman–Crippen LogP) is 6.49. The minimum atomic E-state index is -0.620. The number of aliphatic hydroxyl groups is 1. The highest BCUT2D eigenvalue weighted by Gasteiger charge is 2.39. The minimum absolute atomic E-state index is 0.229. The molecule has 27 heavy (non-hydrogen) atoms. The molecule has 2 nitrogen and oxygen atoms in total. The number of hydrogen-bond acceptors (Lipinski definition) is 2. The van der Waals surface area contributed by atoms with Gasteiger partial charge in [-0.3, -0.25) is 4.98 Å². The van der Waals surface area contributed by atoms with E-state index in [0.29, 0.717) is 12.3 Å². The van der Waals surface area contributed by atoms with Gasteiger partial charge in [0.15, 0.2) is 0 Å². The molecule has 3 heteroatoms. The monoisotopic (exact) mass is 373 g/mol. The van der Waals surface area contributed by atoms with Gasteiger partial charge in [-0.05, 0) is 61.3 Å². The Morgan fingerprint density at radius 1 is 1.11 bits per heavy atom. The highest BCUT2D eigenvalue weighted by Crippen LogP contribution is 2.42. The predicted molar refractivity (Wildman–Crippen MR) is 112 cm³/mol. The van der Waals surface area contributed by atoms with Crippen LogP contribution in [0.2, 0.25) is 0 Å². The van der Waals surface area contributed by atoms with Crippen LogP contribution in [0.3, 0.4) is 0 Å². The van der Waals surface area contributed by atoms with Gasteiger partial charge < -0.3 is 5.11 Å². The molecule has 1 aromatic rings. The Kier molecular flexibility index (Phi) is 7.39. The van der Waals surface area contributed by atoms with Crippen LogP contribution < -0.4 is 0 Å². The zero-order valence-electron chi connectivity index (χ0n) is 17.8. The zero-order valence-corrected chi connectivity index (χ0v) is 17.8. The topological polar surface area (TPSA) is 33.1 Å². The van der Waals surface area contributed by atoms with Gasteiger partial charge in [0.05, 0.1) is 6.10 Å². The molecule has 2 atom stereocenters. The molecule has 0 spiro atoms. The fraction of sp³-hybridized carbons (Fsp3) is 0.625. The maximum absolute atomic E-state index is 13.7. The molecule has 2 rings (SSSR count). The summed E-state index contributed by atoms with van der Waals surface area (Å²) in [4.78, 5) is 5.11. The van der Waals surface area contributed by atoms with Gasteiger partial charge in [0.25, 0.3) is 0 Å². The van der Waals surface area contributed by atoms with Crippen molar-refractivity contribution in [2.45, 2.75) is 97.0 Å². The van der Waals surface area contributed by atoms with Gasteiger partial charge in [-0.25, -0.2) is 4.39 Å². The molecule has 150 valence electrons. The number of allylic oxidation sites excluding steroid dienone is 3. The van der Waals surface area contributed by atoms with Crippen LogP contribution in [0, 0.1) is 0 Å². The molecule has 0 aromatic carbocycles. The van der Waals surface area contributed by atoms with Crippen molar-refractivity contribution in [3.05, 3.63) is 52.6 Å². The summed E-state index contributed by atoms with van der Waals surface area (Å²) in [6, 6.07) is 2.27. The van der Waals surface area contributed by atoms with Crippen molar-refractivity contribution in [3.8, 4) is 0 Å². The molecular weight excluding hydrogens is 337 g/mol. The smallest absolute Gasteiger partial charge is 0.118 e. The molecule has 2 unspecified atom stereocenters. The molecule has 0 fully saturated rings. The molecule has 1 aliphatic carbocycles. The van der Waals surface area contributed by atoms with Crippen LogP contribution in [-0.2, 0) is 11.8 Å². The summed E-state index contributed by atoms with van der Waals surface area (Å²) in [5.41, 5.74) is 3.92. The fourth-order valence-electron chi connectivity index (χ4n) is 4.03. The van der Waals surface area contributed by atoms with Crippen LogP contribution in [0.1, 0.15) is 102 Å². The normalized spacial score (nSPS) is 21.0. The third kappa shape index (κ3) is 4.68. The lowest BCUT2D eigenvalue weighted by molar-refractivity contribution is 0.122. The second kappa shape index (κ2) is 9.14. The fourth-order valence-corrected chi connectivity index (χ4v) is 4.03. The maximum Gasteiger partial charge on any atom is 0.118 e. The average molecular weight is 374 g/mol. The highest BCUT2D eigenvalue weighted by molar-refractivity contribution is 5.45. The average Bonchev–Trinajstić information content (AvgIpc) is 2.61. The second-order valence-corrected chi connectivity index (χ2v) is 8.57. The van der Waals surface area contributed by atoms with Crippen molar-refractivity contribution < 1.29 is 9.50 Å². The number of aryl methyl sites for hydroxylation is 1. The SMILES string of the molecule is CCCCCc1cc(C2(C(C)O)C=CC(F)=CC2)c(C(C)C)nc1C(C)C. The highest BCUT2D eigenvalue weighted by atomic mass is 19.1. The molecule has 1 aromatic heterocycles. The van der Waals surface area contributed by atoms with E-state index in [2.05, 4.69) is 40.7 Å². The molecule has 0 aliphatic heterocycles. The number of nitrogens with zero attached hydrogens (tertiary/aromatic N) is 1. The van der Waals surface area contributed by atoms with Crippen LogP contribution >= 0.6 is 0 Å². The quantitative estimate of drug-likeness (QED) is 0.528. The summed E-state index contributed by atoms with van der Waals surface area (Å²) < 4.78 is 13.7. The summed E-state index contributed by atoms with van der Waals surface area (Å²) in [5, 5.41) is 10.7. The number of hydrogen-bond donors (Lipinski definition) is 1. The van der Waals surface area contributed by atoms with Gasteiger partial charge in [0.2, 0.25) is 0 Å². The first kappa shape index (κ1) is 21.8. The third-order valence-corrected chi connectivity index (χ3v) is 5.73. The Hall–Kier alpha value is -1.48. The first-order chi connectivity index (χ1) is 12.7. The summed E-state index contributed by atoms with van der Waals surface area (Å²) >= 11 is 0. The van der Waals surface area contributed by atoms with Gasteiger partial charge in [-0.2, -0.15) is 0 Å². The van der Waals surface area contributed by atoms with Crippen molar-refractivity contribution in [2.75, 3.05) is 0 Å². The summed E-state index contributed by atoms with van der Waals surface area (Å²) in [7, 11) is 0. The Balaban J connectivity index is 2.65. The number of pyridine rings is 1. The van der Waals surface area contributed by atoms with E-state index in [0.717, 1.165) is 24.1 Å². The van der Waals surface area contributed by atoms with E-state index < -0.39 is 11.5 Å². The van der Waals surface area contributed by atoms with E-state index in [1.807, 2.05) is 6.08 Å². The number of halogens is 1. The lowest BCUT2D eigenvalue weighted by Gasteiger charge is -2.37. The van der Waals surface area contributed by atoms with Gasteiger partial charge in [0.1, 0.15) is 5.83 Å². The zero-order chi connectivity index (χ0) is 20.2. The largest absolute Gasteiger partial charge is 0.392 e. The Morgan fingerprint density at radius 3 is 2.26 bits per heavy atom. The van der Waals surface area contributed by atoms with Gasteiger partial charge in [-0.1, -0.05) is 59.6 Å². The van der Waals surface area contributed by atoms with E-state index in [1.54, 1.807) is 13.0 Å². The van der Waals surface area contributed by atoms with Crippen molar-refractivity contribution in [1.82, 2.24) is 4.98 Å². The molecule has 1 aliphatic rings. The van der Waals surface area contributed by atoms with Gasteiger partial charge in [-0.15, -0.1) is 0 Å². The van der Waals surface area contributed by atoms with E-state index in [1.165, 1.54) is 30.2 Å². The van der Waals surface area contributed by atoms with Gasteiger partial charge in [0, 0.05) is 16.8 Å². The first-order valence-electron chi connectivity index (χ1n) is 10.5. The van der Waals surface area contributed by atoms with Crippen LogP contribution in [0.25, 0.3) is 0 Å². The van der Waals surface area contributed by atoms with Crippen LogP contribution in [0.5, 0.6) is 0 Å². The van der Waals surface area contributed by atoms with Crippen molar-refractivity contribution in [3.63, 3.8) is 0 Å². The maximum atomic E-state index is 13.7. The molecule has 0 saturated heterocycles. The molecule has 0 saturated carbocycles. The van der Waals surface area contributed by atoms with Crippen molar-refractivity contribution in [2.24, 2.45) is 0 Å². The van der Waals surface area contributed by atoms with E-state index >= 15 is 0 Å². The van der Waals surface area contributed by atoms with E-state index in [-0.39, 0.29) is 11.7 Å². The standard InChI is InChI=1S/C24H36FNO/c1-7-8-9-10-19-15-21(23(17(4)5)26-22(19)16(2)3)24(18(6)27)13-11-20(25)12-14-24/h11-13,15-18,27H,7-10,14H2,1-6H3. The lowest BCUT2D eigenvalue weighted by Crippen LogP contribution is -2.38. The summed E-state index contributed by atoms with van der Waals surface area (Å²) in [6.45, 7) is 12.7. The number of aliphatic hydroxyl groups excluding tert-OH is 1. The van der Waals surface area contributed by atoms with Crippen molar-refractivity contribution in [1.29, 1.82) is 0 Å². The number of aromatic nitrogens is 1. The Bertz CT molecular complexity index is 703. The Labute approximate surface area is 164 Å². The minimum Gasteiger partial charge on any atom is -0.392 e. The molecule has 1 heterocycles. The van der Waals surface area contributed by atoms with Crippen LogP contribution in [0.4, 0.5) is 4.39 Å². The third-order valence-electron chi connectivity index (χ3n) is 5.73. The first-order valence-corrected chi connectivity index (χ1v) is 10.5. The van der Waals surface area contributed by atoms with E-state index in [4.69, 9.17) is 4.98 Å². The molecule has 0 radical (unpaired) electrons. The number of rotatable bonds is 8. The lowest BCUT2D eigenvalue weighted by atomic mass is 9.69. The van der Waals surface area contributed by atoms with E-state index in [9.17, 15) is 9.50 Å². The summed E-state index contributed by atoms with van der Waals surface area (Å²) in [5.74, 6) is 0.365. The van der Waals surface area contributed by atoms with Crippen LogP contribution in [-0.4, -0.2) is 16.2 Å². The van der Waals surface area contributed by atoms with Crippen LogP contribution in [0.15, 0.2) is 30.1 Å². The Morgan fingerprint density at radius 2 is 1.78 bits per heavy atom. The molecule has 1 N–H and O–H groups in total. The number of unbranched alkanes of at least 4 members (excludes halogenated alkanes) is 2. The molecule has 0 bridgehead atoms. The second-order valence-electron chi connectivity index (χ2n) is 8.57. The van der Waals surface area contributed by atoms with Crippen molar-refractivity contribution >= 4 is 0 Å². The molecular formula is C24H36FNO. The summed E-state index contributed by atoms with van der Waals surface area (Å²) in [6.07, 6.45) is 9.31. The molecule has 0 amide bonds.